The van der Waals surface area contributed by atoms with Crippen molar-refractivity contribution in [3.05, 3.63) is 82.3 Å². The molecular weight excluding hydrogens is 574 g/mol. The standard InChI is InChI=1S/C34H39N5O4S/c1-3-42-18-17-39-15-13-38(14-16-39)12-10-24-4-8-28-30(20-24)37-34(40)27-7-5-25(21-29(27)36-28)26-6-9-31(32(22-26)41-2)43-23-33-35-11-19-44-33/h4-9,11,19-22,36H,3,10,12-18,23H2,1-2H3,(H,37,40). The molecule has 3 aromatic carbocycles. The van der Waals surface area contributed by atoms with Gasteiger partial charge >= 0.3 is 0 Å². The van der Waals surface area contributed by atoms with Crippen molar-refractivity contribution in [3.8, 4) is 22.6 Å². The van der Waals surface area contributed by atoms with Gasteiger partial charge in [0.05, 0.1) is 36.3 Å². The van der Waals surface area contributed by atoms with Gasteiger partial charge in [0.25, 0.3) is 5.91 Å². The number of hydrogen-bond donors (Lipinski definition) is 2. The number of methoxy groups -OCH3 is 1. The Morgan fingerprint density at radius 3 is 2.43 bits per heavy atom. The van der Waals surface area contributed by atoms with E-state index in [-0.39, 0.29) is 5.91 Å². The molecule has 0 atom stereocenters. The Hall–Kier alpha value is -3.96. The number of hydrogen-bond acceptors (Lipinski definition) is 9. The molecule has 4 aromatic rings. The number of fused-ring (bicyclic) bond motifs is 2. The van der Waals surface area contributed by atoms with E-state index in [1.807, 2.05) is 48.7 Å². The highest BCUT2D eigenvalue weighted by Crippen LogP contribution is 2.38. The highest BCUT2D eigenvalue weighted by molar-refractivity contribution is 7.09. The minimum Gasteiger partial charge on any atom is -0.493 e. The summed E-state index contributed by atoms with van der Waals surface area (Å²) in [6.45, 7) is 10.3. The van der Waals surface area contributed by atoms with Crippen molar-refractivity contribution in [2.24, 2.45) is 0 Å². The van der Waals surface area contributed by atoms with Crippen LogP contribution in [0.3, 0.4) is 0 Å². The van der Waals surface area contributed by atoms with Gasteiger partial charge in [-0.3, -0.25) is 9.69 Å². The molecule has 3 heterocycles. The van der Waals surface area contributed by atoms with E-state index in [9.17, 15) is 4.79 Å². The zero-order chi connectivity index (χ0) is 30.3. The van der Waals surface area contributed by atoms with Gasteiger partial charge in [0.1, 0.15) is 11.6 Å². The minimum atomic E-state index is -0.123. The van der Waals surface area contributed by atoms with E-state index in [2.05, 4.69) is 43.6 Å². The van der Waals surface area contributed by atoms with Crippen molar-refractivity contribution in [1.82, 2.24) is 14.8 Å². The van der Waals surface area contributed by atoms with Crippen LogP contribution in [0.2, 0.25) is 0 Å². The Morgan fingerprint density at radius 1 is 0.864 bits per heavy atom. The molecule has 2 N–H and O–H groups in total. The fourth-order valence-electron chi connectivity index (χ4n) is 5.61. The first-order valence-electron chi connectivity index (χ1n) is 15.2. The molecule has 0 saturated carbocycles. The Balaban J connectivity index is 1.11. The van der Waals surface area contributed by atoms with E-state index < -0.39 is 0 Å². The summed E-state index contributed by atoms with van der Waals surface area (Å²) < 4.78 is 17.1. The fourth-order valence-corrected chi connectivity index (χ4v) is 6.14. The number of rotatable bonds is 12. The fraction of sp³-hybridized carbons (Fsp3) is 0.353. The largest absolute Gasteiger partial charge is 0.493 e. The zero-order valence-electron chi connectivity index (χ0n) is 25.3. The number of anilines is 3. The second-order valence-electron chi connectivity index (χ2n) is 10.9. The van der Waals surface area contributed by atoms with E-state index in [0.29, 0.717) is 23.7 Å². The van der Waals surface area contributed by atoms with Crippen LogP contribution in [-0.4, -0.2) is 80.3 Å². The molecule has 44 heavy (non-hydrogen) atoms. The summed E-state index contributed by atoms with van der Waals surface area (Å²) in [6, 6.07) is 18.0. The monoisotopic (exact) mass is 613 g/mol. The molecular formula is C34H39N5O4S. The average molecular weight is 614 g/mol. The van der Waals surface area contributed by atoms with Gasteiger partial charge in [-0.1, -0.05) is 18.2 Å². The third kappa shape index (κ3) is 7.22. The summed E-state index contributed by atoms with van der Waals surface area (Å²) >= 11 is 1.55. The number of carbonyl (C=O) groups is 1. The topological polar surface area (TPSA) is 88.2 Å². The number of nitrogens with zero attached hydrogens (tertiary/aromatic N) is 3. The lowest BCUT2D eigenvalue weighted by molar-refractivity contribution is 0.0813. The number of carbonyl (C=O) groups excluding carboxylic acids is 1. The second kappa shape index (κ2) is 14.2. The van der Waals surface area contributed by atoms with Crippen LogP contribution in [0.5, 0.6) is 11.5 Å². The van der Waals surface area contributed by atoms with Crippen molar-refractivity contribution >= 4 is 34.3 Å². The van der Waals surface area contributed by atoms with Crippen LogP contribution in [0.4, 0.5) is 17.1 Å². The Morgan fingerprint density at radius 2 is 1.66 bits per heavy atom. The zero-order valence-corrected chi connectivity index (χ0v) is 26.1. The van der Waals surface area contributed by atoms with Crippen LogP contribution in [0.25, 0.3) is 11.1 Å². The number of aromatic nitrogens is 1. The molecule has 0 unspecified atom stereocenters. The molecule has 9 nitrogen and oxygen atoms in total. The molecule has 10 heteroatoms. The molecule has 0 bridgehead atoms. The van der Waals surface area contributed by atoms with Crippen molar-refractivity contribution in [2.75, 3.05) is 70.2 Å². The maximum absolute atomic E-state index is 13.3. The molecule has 1 aromatic heterocycles. The Labute approximate surface area is 262 Å². The SMILES string of the molecule is CCOCCN1CCN(CCc2ccc3c(c2)NC(=O)c2ccc(-c4ccc(OCc5nccs5)c(OC)c4)cc2N3)CC1. The number of amides is 1. The van der Waals surface area contributed by atoms with Crippen molar-refractivity contribution in [2.45, 2.75) is 20.0 Å². The van der Waals surface area contributed by atoms with E-state index >= 15 is 0 Å². The maximum atomic E-state index is 13.3. The number of thiazole rings is 1. The summed E-state index contributed by atoms with van der Waals surface area (Å²) in [5, 5.41) is 9.46. The van der Waals surface area contributed by atoms with E-state index in [1.54, 1.807) is 24.6 Å². The first-order chi connectivity index (χ1) is 21.6. The van der Waals surface area contributed by atoms with Crippen LogP contribution in [0.1, 0.15) is 27.9 Å². The van der Waals surface area contributed by atoms with Crippen molar-refractivity contribution < 1.29 is 19.0 Å². The predicted octanol–water partition coefficient (Wildman–Crippen LogP) is 5.90. The quantitative estimate of drug-likeness (QED) is 0.191. The molecule has 6 rings (SSSR count). The molecule has 0 radical (unpaired) electrons. The van der Waals surface area contributed by atoms with Gasteiger partial charge in [0.15, 0.2) is 11.5 Å². The van der Waals surface area contributed by atoms with E-state index in [4.69, 9.17) is 14.2 Å². The molecule has 2 aliphatic rings. The third-order valence-corrected chi connectivity index (χ3v) is 8.89. The van der Waals surface area contributed by atoms with Gasteiger partial charge in [0.2, 0.25) is 0 Å². The lowest BCUT2D eigenvalue weighted by atomic mass is 10.0. The summed E-state index contributed by atoms with van der Waals surface area (Å²) in [6.07, 6.45) is 2.70. The summed E-state index contributed by atoms with van der Waals surface area (Å²) in [4.78, 5) is 22.5. The maximum Gasteiger partial charge on any atom is 0.257 e. The highest BCUT2D eigenvalue weighted by atomic mass is 32.1. The summed E-state index contributed by atoms with van der Waals surface area (Å²) in [7, 11) is 1.63. The van der Waals surface area contributed by atoms with Gasteiger partial charge in [-0.2, -0.15) is 0 Å². The average Bonchev–Trinajstić information content (AvgIpc) is 3.53. The summed E-state index contributed by atoms with van der Waals surface area (Å²) in [5.41, 5.74) is 6.18. The minimum absolute atomic E-state index is 0.123. The molecule has 230 valence electrons. The van der Waals surface area contributed by atoms with E-state index in [1.165, 1.54) is 5.56 Å². The summed E-state index contributed by atoms with van der Waals surface area (Å²) in [5.74, 6) is 1.17. The predicted molar refractivity (Wildman–Crippen MR) is 176 cm³/mol. The van der Waals surface area contributed by atoms with Gasteiger partial charge in [0, 0.05) is 57.5 Å². The normalized spacial score (nSPS) is 15.1. The van der Waals surface area contributed by atoms with Gasteiger partial charge in [-0.15, -0.1) is 11.3 Å². The third-order valence-electron chi connectivity index (χ3n) is 8.13. The second-order valence-corrected chi connectivity index (χ2v) is 11.9. The molecule has 1 amide bonds. The number of ether oxygens (including phenoxy) is 3. The van der Waals surface area contributed by atoms with Crippen molar-refractivity contribution in [3.63, 3.8) is 0 Å². The molecule has 1 fully saturated rings. The van der Waals surface area contributed by atoms with Crippen LogP contribution in [-0.2, 0) is 17.8 Å². The van der Waals surface area contributed by atoms with Crippen LogP contribution < -0.4 is 20.1 Å². The van der Waals surface area contributed by atoms with Gasteiger partial charge in [-0.05, 0) is 66.4 Å². The smallest absolute Gasteiger partial charge is 0.257 e. The Bertz CT molecular complexity index is 1570. The van der Waals surface area contributed by atoms with Gasteiger partial charge < -0.3 is 29.7 Å². The first kappa shape index (κ1) is 30.1. The Kier molecular flexibility index (Phi) is 9.72. The highest BCUT2D eigenvalue weighted by Gasteiger charge is 2.21. The number of nitrogens with one attached hydrogen (secondary N) is 2. The van der Waals surface area contributed by atoms with Crippen molar-refractivity contribution in [1.29, 1.82) is 0 Å². The lowest BCUT2D eigenvalue weighted by Gasteiger charge is -2.34. The van der Waals surface area contributed by atoms with E-state index in [0.717, 1.165) is 92.1 Å². The van der Waals surface area contributed by atoms with Crippen LogP contribution in [0.15, 0.2) is 66.2 Å². The van der Waals surface area contributed by atoms with Crippen LogP contribution >= 0.6 is 11.3 Å². The number of benzene rings is 3. The molecule has 2 aliphatic heterocycles. The molecule has 0 aliphatic carbocycles. The first-order valence-corrected chi connectivity index (χ1v) is 16.0. The van der Waals surface area contributed by atoms with Crippen LogP contribution in [0, 0.1) is 0 Å². The molecule has 0 spiro atoms. The molecule has 1 saturated heterocycles. The van der Waals surface area contributed by atoms with Gasteiger partial charge in [-0.25, -0.2) is 4.98 Å². The lowest BCUT2D eigenvalue weighted by Crippen LogP contribution is -2.47. The number of piperazine rings is 1.